The van der Waals surface area contributed by atoms with Crippen molar-refractivity contribution in [3.8, 4) is 6.07 Å². The van der Waals surface area contributed by atoms with Crippen LogP contribution in [0, 0.1) is 11.3 Å². The van der Waals surface area contributed by atoms with Gasteiger partial charge in [0.25, 0.3) is 0 Å². The molecule has 3 heteroatoms. The van der Waals surface area contributed by atoms with Crippen molar-refractivity contribution >= 4 is 0 Å². The second-order valence-corrected chi connectivity index (χ2v) is 1.95. The van der Waals surface area contributed by atoms with Crippen LogP contribution in [0.3, 0.4) is 0 Å². The first kappa shape index (κ1) is 5.54. The maximum absolute atomic E-state index is 8.33. The first-order valence-electron chi connectivity index (χ1n) is 2.61. The predicted octanol–water partition coefficient (Wildman–Crippen LogP) is -0.0246. The highest BCUT2D eigenvalue weighted by Gasteiger charge is 2.29. The number of hydrogen-bond donors (Lipinski definition) is 1. The average molecular weight is 112 g/mol. The number of hydrogen-bond acceptors (Lipinski definition) is 3. The molecule has 1 heterocycles. The number of ether oxygens (including phenoxy) is 1. The molecule has 0 saturated carbocycles. The van der Waals surface area contributed by atoms with E-state index in [1.165, 1.54) is 0 Å². The smallest absolute Gasteiger partial charge is 0.205 e. The van der Waals surface area contributed by atoms with Gasteiger partial charge in [0.15, 0.2) is 0 Å². The standard InChI is InChI=1S/C5H8N2O/c6-4-5(7)2-1-3-8-5/h1-3,7H2. The molecule has 0 aromatic rings. The maximum Gasteiger partial charge on any atom is 0.205 e. The van der Waals surface area contributed by atoms with Crippen LogP contribution in [0.5, 0.6) is 0 Å². The Hall–Kier alpha value is -0.590. The Morgan fingerprint density at radius 2 is 2.50 bits per heavy atom. The highest BCUT2D eigenvalue weighted by molar-refractivity contribution is 4.98. The molecule has 3 nitrogen and oxygen atoms in total. The van der Waals surface area contributed by atoms with Crippen LogP contribution in [-0.4, -0.2) is 12.3 Å². The number of nitrogens with zero attached hydrogens (tertiary/aromatic N) is 1. The van der Waals surface area contributed by atoms with Crippen molar-refractivity contribution < 1.29 is 4.74 Å². The molecule has 1 aliphatic rings. The maximum atomic E-state index is 8.33. The van der Waals surface area contributed by atoms with Gasteiger partial charge in [-0.25, -0.2) is 0 Å². The molecule has 0 spiro atoms. The molecular formula is C5H8N2O. The van der Waals surface area contributed by atoms with Gasteiger partial charge in [0, 0.05) is 6.42 Å². The molecule has 1 aliphatic heterocycles. The molecule has 1 saturated heterocycles. The van der Waals surface area contributed by atoms with E-state index in [0.717, 1.165) is 6.42 Å². The normalized spacial score (nSPS) is 37.0. The van der Waals surface area contributed by atoms with Crippen LogP contribution in [0.15, 0.2) is 0 Å². The zero-order valence-corrected chi connectivity index (χ0v) is 4.55. The quantitative estimate of drug-likeness (QED) is 0.479. The van der Waals surface area contributed by atoms with E-state index in [4.69, 9.17) is 15.7 Å². The van der Waals surface area contributed by atoms with Crippen LogP contribution >= 0.6 is 0 Å². The fraction of sp³-hybridized carbons (Fsp3) is 0.800. The van der Waals surface area contributed by atoms with E-state index < -0.39 is 5.72 Å². The van der Waals surface area contributed by atoms with Crippen molar-refractivity contribution in [3.05, 3.63) is 0 Å². The van der Waals surface area contributed by atoms with Gasteiger partial charge in [-0.1, -0.05) is 0 Å². The number of nitrogens with two attached hydrogens (primary N) is 1. The van der Waals surface area contributed by atoms with E-state index in [1.54, 1.807) is 0 Å². The van der Waals surface area contributed by atoms with Gasteiger partial charge >= 0.3 is 0 Å². The van der Waals surface area contributed by atoms with Gasteiger partial charge in [0.1, 0.15) is 6.07 Å². The topological polar surface area (TPSA) is 59.0 Å². The average Bonchev–Trinajstić information content (AvgIpc) is 2.17. The molecule has 1 fully saturated rings. The molecule has 2 N–H and O–H groups in total. The van der Waals surface area contributed by atoms with Gasteiger partial charge in [-0.15, -0.1) is 0 Å². The first-order chi connectivity index (χ1) is 3.77. The second kappa shape index (κ2) is 1.73. The van der Waals surface area contributed by atoms with E-state index in [1.807, 2.05) is 6.07 Å². The Balaban J connectivity index is 2.56. The SMILES string of the molecule is N#CC1(N)CCCO1. The van der Waals surface area contributed by atoms with E-state index in [9.17, 15) is 0 Å². The zero-order valence-electron chi connectivity index (χ0n) is 4.55. The van der Waals surface area contributed by atoms with Crippen molar-refractivity contribution in [1.82, 2.24) is 0 Å². The van der Waals surface area contributed by atoms with Crippen LogP contribution in [-0.2, 0) is 4.74 Å². The molecule has 1 rings (SSSR count). The van der Waals surface area contributed by atoms with Crippen molar-refractivity contribution in [2.24, 2.45) is 5.73 Å². The molecule has 1 unspecified atom stereocenters. The summed E-state index contributed by atoms with van der Waals surface area (Å²) in [6.45, 7) is 0.629. The van der Waals surface area contributed by atoms with Crippen LogP contribution in [0.25, 0.3) is 0 Å². The summed E-state index contributed by atoms with van der Waals surface area (Å²) in [6.07, 6.45) is 1.58. The van der Waals surface area contributed by atoms with E-state index >= 15 is 0 Å². The predicted molar refractivity (Wildman–Crippen MR) is 27.7 cm³/mol. The lowest BCUT2D eigenvalue weighted by Gasteiger charge is -2.10. The minimum Gasteiger partial charge on any atom is -0.348 e. The summed E-state index contributed by atoms with van der Waals surface area (Å²) in [5.41, 5.74) is 4.42. The Morgan fingerprint density at radius 3 is 2.75 bits per heavy atom. The molecule has 0 aliphatic carbocycles. The molecular weight excluding hydrogens is 104 g/mol. The Kier molecular flexibility index (Phi) is 1.20. The lowest BCUT2D eigenvalue weighted by atomic mass is 10.2. The van der Waals surface area contributed by atoms with Gasteiger partial charge in [0.05, 0.1) is 6.61 Å². The molecule has 44 valence electrons. The zero-order chi connectivity index (χ0) is 6.04. The van der Waals surface area contributed by atoms with Gasteiger partial charge in [-0.3, -0.25) is 5.73 Å². The lowest BCUT2D eigenvalue weighted by molar-refractivity contribution is 0.0575. The van der Waals surface area contributed by atoms with E-state index in [0.29, 0.717) is 13.0 Å². The minimum absolute atomic E-state index is 0.629. The Labute approximate surface area is 48.0 Å². The second-order valence-electron chi connectivity index (χ2n) is 1.95. The highest BCUT2D eigenvalue weighted by atomic mass is 16.5. The van der Waals surface area contributed by atoms with Crippen molar-refractivity contribution in [2.45, 2.75) is 18.6 Å². The Morgan fingerprint density at radius 1 is 1.75 bits per heavy atom. The van der Waals surface area contributed by atoms with Crippen molar-refractivity contribution in [2.75, 3.05) is 6.61 Å². The van der Waals surface area contributed by atoms with Crippen LogP contribution in [0.2, 0.25) is 0 Å². The molecule has 0 bridgehead atoms. The monoisotopic (exact) mass is 112 g/mol. The van der Waals surface area contributed by atoms with Gasteiger partial charge in [-0.2, -0.15) is 5.26 Å². The Bertz CT molecular complexity index is 121. The van der Waals surface area contributed by atoms with Crippen LogP contribution in [0.1, 0.15) is 12.8 Å². The third-order valence-corrected chi connectivity index (χ3v) is 1.24. The van der Waals surface area contributed by atoms with Crippen molar-refractivity contribution in [1.29, 1.82) is 5.26 Å². The molecule has 0 aromatic heterocycles. The summed E-state index contributed by atoms with van der Waals surface area (Å²) in [5, 5.41) is 8.33. The minimum atomic E-state index is -0.958. The fourth-order valence-electron chi connectivity index (χ4n) is 0.749. The fourth-order valence-corrected chi connectivity index (χ4v) is 0.749. The highest BCUT2D eigenvalue weighted by Crippen LogP contribution is 2.17. The summed E-state index contributed by atoms with van der Waals surface area (Å²) in [5.74, 6) is 0. The largest absolute Gasteiger partial charge is 0.348 e. The number of nitriles is 1. The first-order valence-corrected chi connectivity index (χ1v) is 2.61. The van der Waals surface area contributed by atoms with Gasteiger partial charge in [0.2, 0.25) is 5.72 Å². The number of rotatable bonds is 0. The molecule has 1 atom stereocenters. The molecule has 0 amide bonds. The lowest BCUT2D eigenvalue weighted by Crippen LogP contribution is -2.36. The van der Waals surface area contributed by atoms with Crippen LogP contribution in [0.4, 0.5) is 0 Å². The summed E-state index contributed by atoms with van der Waals surface area (Å²) in [4.78, 5) is 0. The molecule has 0 radical (unpaired) electrons. The summed E-state index contributed by atoms with van der Waals surface area (Å²) in [7, 11) is 0. The van der Waals surface area contributed by atoms with Gasteiger partial charge < -0.3 is 4.74 Å². The molecule has 0 aromatic carbocycles. The molecule has 8 heavy (non-hydrogen) atoms. The third-order valence-electron chi connectivity index (χ3n) is 1.24. The van der Waals surface area contributed by atoms with E-state index in [2.05, 4.69) is 0 Å². The summed E-state index contributed by atoms with van der Waals surface area (Å²) >= 11 is 0. The van der Waals surface area contributed by atoms with E-state index in [-0.39, 0.29) is 0 Å². The summed E-state index contributed by atoms with van der Waals surface area (Å²) < 4.78 is 4.91. The van der Waals surface area contributed by atoms with Crippen molar-refractivity contribution in [3.63, 3.8) is 0 Å². The summed E-state index contributed by atoms with van der Waals surface area (Å²) in [6, 6.07) is 1.90. The van der Waals surface area contributed by atoms with Crippen LogP contribution < -0.4 is 5.73 Å². The third kappa shape index (κ3) is 0.808. The van der Waals surface area contributed by atoms with Gasteiger partial charge in [-0.05, 0) is 6.42 Å².